The van der Waals surface area contributed by atoms with Crippen LogP contribution in [0.2, 0.25) is 0 Å². The molecule has 0 bridgehead atoms. The van der Waals surface area contributed by atoms with Crippen molar-refractivity contribution in [2.45, 2.75) is 46.0 Å². The molecule has 146 valence electrons. The molecule has 2 aromatic carbocycles. The lowest BCUT2D eigenvalue weighted by Gasteiger charge is -2.40. The Labute approximate surface area is 171 Å². The maximum Gasteiger partial charge on any atom is 0.192 e. The third kappa shape index (κ3) is 2.75. The summed E-state index contributed by atoms with van der Waals surface area (Å²) in [6.07, 6.45) is 2.29. The third-order valence-corrected chi connectivity index (χ3v) is 6.59. The number of fused-ring (bicyclic) bond motifs is 3. The Bertz CT molecular complexity index is 1100. The van der Waals surface area contributed by atoms with Crippen LogP contribution >= 0.6 is 0 Å². The molecule has 0 spiro atoms. The van der Waals surface area contributed by atoms with E-state index >= 15 is 0 Å². The quantitative estimate of drug-likeness (QED) is 0.697. The average molecular weight is 383 g/mol. The van der Waals surface area contributed by atoms with E-state index in [0.29, 0.717) is 17.6 Å². The van der Waals surface area contributed by atoms with Crippen LogP contribution in [0, 0.1) is 11.3 Å². The van der Waals surface area contributed by atoms with Gasteiger partial charge in [-0.05, 0) is 29.4 Å². The lowest BCUT2D eigenvalue weighted by Crippen LogP contribution is -2.43. The number of aliphatic imine (C=N–C) groups is 1. The van der Waals surface area contributed by atoms with Crippen LogP contribution in [-0.2, 0) is 11.2 Å². The van der Waals surface area contributed by atoms with E-state index in [1.807, 2.05) is 24.3 Å². The molecule has 1 heterocycles. The van der Waals surface area contributed by atoms with Gasteiger partial charge in [0.15, 0.2) is 5.78 Å². The second-order valence-corrected chi connectivity index (χ2v) is 9.27. The molecule has 0 saturated heterocycles. The minimum absolute atomic E-state index is 0.0283. The number of hydrogen-bond acceptors (Lipinski definition) is 3. The van der Waals surface area contributed by atoms with E-state index in [1.165, 1.54) is 5.56 Å². The summed E-state index contributed by atoms with van der Waals surface area (Å²) < 4.78 is 0. The highest BCUT2D eigenvalue weighted by molar-refractivity contribution is 6.25. The van der Waals surface area contributed by atoms with E-state index in [4.69, 9.17) is 4.99 Å². The number of benzene rings is 2. The van der Waals surface area contributed by atoms with E-state index in [2.05, 4.69) is 45.0 Å². The van der Waals surface area contributed by atoms with Crippen LogP contribution in [0.5, 0.6) is 0 Å². The lowest BCUT2D eigenvalue weighted by atomic mass is 9.63. The number of Topliss-reactive ketones (excluding diaryl/α,β-unsaturated/α-hetero) is 2. The van der Waals surface area contributed by atoms with Gasteiger partial charge in [0.25, 0.3) is 0 Å². The molecule has 3 aliphatic rings. The van der Waals surface area contributed by atoms with E-state index in [0.717, 1.165) is 35.4 Å². The predicted octanol–water partition coefficient (Wildman–Crippen LogP) is 5.40. The number of hydrogen-bond donors (Lipinski definition) is 0. The Hall–Kier alpha value is -2.81. The molecule has 2 atom stereocenters. The molecule has 1 unspecified atom stereocenters. The zero-order chi connectivity index (χ0) is 20.3. The molecular formula is C26H25NO2. The van der Waals surface area contributed by atoms with Crippen molar-refractivity contribution in [2.24, 2.45) is 16.3 Å². The molecule has 0 aromatic heterocycles. The standard InChI is InChI=1S/C26H25NO2/c1-4-15-9-11-16(12-10-15)21-22-19(13-26(2,3)14-20(22)28)27-24-17-7-5-6-8-18(17)25(29)23(21)24/h5-12,21-22H,4,13-14H2,1-3H3/t21-,22?/m0/s1. The molecule has 29 heavy (non-hydrogen) atoms. The second-order valence-electron chi connectivity index (χ2n) is 9.27. The first-order valence-corrected chi connectivity index (χ1v) is 10.5. The summed E-state index contributed by atoms with van der Waals surface area (Å²) in [5.74, 6) is -0.333. The predicted molar refractivity (Wildman–Crippen MR) is 115 cm³/mol. The molecule has 3 nitrogen and oxygen atoms in total. The van der Waals surface area contributed by atoms with Crippen LogP contribution in [0.4, 0.5) is 0 Å². The van der Waals surface area contributed by atoms with Gasteiger partial charge in [-0.2, -0.15) is 0 Å². The minimum Gasteiger partial charge on any atom is -0.299 e. The molecule has 1 saturated carbocycles. The van der Waals surface area contributed by atoms with Gasteiger partial charge in [0.2, 0.25) is 0 Å². The van der Waals surface area contributed by atoms with Gasteiger partial charge in [-0.3, -0.25) is 14.6 Å². The molecule has 2 aromatic rings. The largest absolute Gasteiger partial charge is 0.299 e. The number of rotatable bonds is 2. The van der Waals surface area contributed by atoms with Crippen molar-refractivity contribution >= 4 is 23.0 Å². The fourth-order valence-electron chi connectivity index (χ4n) is 5.24. The smallest absolute Gasteiger partial charge is 0.192 e. The van der Waals surface area contributed by atoms with Crippen molar-refractivity contribution < 1.29 is 9.59 Å². The van der Waals surface area contributed by atoms with Crippen LogP contribution < -0.4 is 0 Å². The summed E-state index contributed by atoms with van der Waals surface area (Å²) in [6, 6.07) is 16.1. The van der Waals surface area contributed by atoms with Gasteiger partial charge in [-0.25, -0.2) is 0 Å². The fourth-order valence-corrected chi connectivity index (χ4v) is 5.24. The molecule has 0 N–H and O–H groups in total. The molecule has 5 rings (SSSR count). The molecule has 0 radical (unpaired) electrons. The van der Waals surface area contributed by atoms with Crippen LogP contribution in [-0.4, -0.2) is 17.3 Å². The average Bonchev–Trinajstić information content (AvgIpc) is 2.98. The van der Waals surface area contributed by atoms with Crippen molar-refractivity contribution in [3.8, 4) is 0 Å². The van der Waals surface area contributed by atoms with Crippen molar-refractivity contribution in [3.63, 3.8) is 0 Å². The third-order valence-electron chi connectivity index (χ3n) is 6.59. The molecule has 3 heteroatoms. The summed E-state index contributed by atoms with van der Waals surface area (Å²) in [7, 11) is 0. The van der Waals surface area contributed by atoms with Crippen LogP contribution in [0.15, 0.2) is 59.1 Å². The Balaban J connectivity index is 1.73. The zero-order valence-electron chi connectivity index (χ0n) is 17.2. The van der Waals surface area contributed by atoms with E-state index in [-0.39, 0.29) is 28.8 Å². The first-order valence-electron chi connectivity index (χ1n) is 10.5. The highest BCUT2D eigenvalue weighted by Crippen LogP contribution is 2.51. The Morgan fingerprint density at radius 3 is 2.31 bits per heavy atom. The van der Waals surface area contributed by atoms with Gasteiger partial charge in [0.05, 0.1) is 11.6 Å². The topological polar surface area (TPSA) is 46.5 Å². The molecule has 1 fully saturated rings. The fraction of sp³-hybridized carbons (Fsp3) is 0.346. The van der Waals surface area contributed by atoms with Crippen molar-refractivity contribution in [1.29, 1.82) is 0 Å². The van der Waals surface area contributed by atoms with E-state index < -0.39 is 0 Å². The SMILES string of the molecule is CCc1ccc([C@@H]2C3=C(N=C4CC(C)(C)CC(=O)C42)c2ccccc2C3=O)cc1. The Kier molecular flexibility index (Phi) is 3.99. The van der Waals surface area contributed by atoms with Gasteiger partial charge in [0, 0.05) is 34.8 Å². The first kappa shape index (κ1) is 18.2. The van der Waals surface area contributed by atoms with Crippen LogP contribution in [0.1, 0.15) is 66.6 Å². The summed E-state index contributed by atoms with van der Waals surface area (Å²) in [5.41, 5.74) is 6.25. The number of allylic oxidation sites excluding steroid dienone is 1. The van der Waals surface area contributed by atoms with E-state index in [1.54, 1.807) is 0 Å². The molecular weight excluding hydrogens is 358 g/mol. The van der Waals surface area contributed by atoms with Crippen molar-refractivity contribution in [2.75, 3.05) is 0 Å². The summed E-state index contributed by atoms with van der Waals surface area (Å²) in [6.45, 7) is 6.39. The van der Waals surface area contributed by atoms with E-state index in [9.17, 15) is 9.59 Å². The Morgan fingerprint density at radius 2 is 1.62 bits per heavy atom. The van der Waals surface area contributed by atoms with Crippen molar-refractivity contribution in [3.05, 3.63) is 76.4 Å². The first-order chi connectivity index (χ1) is 13.9. The normalized spacial score (nSPS) is 24.7. The maximum atomic E-state index is 13.4. The molecule has 0 amide bonds. The lowest BCUT2D eigenvalue weighted by molar-refractivity contribution is -0.124. The summed E-state index contributed by atoms with van der Waals surface area (Å²) >= 11 is 0. The number of ketones is 2. The maximum absolute atomic E-state index is 13.4. The second kappa shape index (κ2) is 6.35. The van der Waals surface area contributed by atoms with Gasteiger partial charge in [0.1, 0.15) is 5.78 Å². The highest BCUT2D eigenvalue weighted by Gasteiger charge is 2.49. The zero-order valence-corrected chi connectivity index (χ0v) is 17.2. The molecule has 2 aliphatic carbocycles. The van der Waals surface area contributed by atoms with Gasteiger partial charge in [-0.15, -0.1) is 0 Å². The van der Waals surface area contributed by atoms with Gasteiger partial charge >= 0.3 is 0 Å². The van der Waals surface area contributed by atoms with Gasteiger partial charge in [-0.1, -0.05) is 69.3 Å². The Morgan fingerprint density at radius 1 is 0.931 bits per heavy atom. The highest BCUT2D eigenvalue weighted by atomic mass is 16.1. The number of carbonyl (C=O) groups excluding carboxylic acids is 2. The van der Waals surface area contributed by atoms with Crippen LogP contribution in [0.25, 0.3) is 5.70 Å². The van der Waals surface area contributed by atoms with Crippen molar-refractivity contribution in [1.82, 2.24) is 0 Å². The monoisotopic (exact) mass is 383 g/mol. The minimum atomic E-state index is -0.326. The number of carbonyl (C=O) groups is 2. The molecule has 1 aliphatic heterocycles. The van der Waals surface area contributed by atoms with Crippen LogP contribution in [0.3, 0.4) is 0 Å². The summed E-state index contributed by atoms with van der Waals surface area (Å²) in [5, 5.41) is 0. The van der Waals surface area contributed by atoms with Gasteiger partial charge < -0.3 is 0 Å². The number of aryl methyl sites for hydroxylation is 1. The number of nitrogens with zero attached hydrogens (tertiary/aromatic N) is 1. The summed E-state index contributed by atoms with van der Waals surface area (Å²) in [4.78, 5) is 31.7.